The van der Waals surface area contributed by atoms with Crippen LogP contribution in [0.15, 0.2) is 67.0 Å². The van der Waals surface area contributed by atoms with E-state index in [-0.39, 0.29) is 24.5 Å². The molecular weight excluding hydrogens is 364 g/mol. The van der Waals surface area contributed by atoms with E-state index in [9.17, 15) is 10.2 Å². The molecular formula is C23H26N4O2. The zero-order valence-corrected chi connectivity index (χ0v) is 16.2. The van der Waals surface area contributed by atoms with Crippen molar-refractivity contribution in [1.82, 2.24) is 20.3 Å². The lowest BCUT2D eigenvalue weighted by atomic mass is 9.88. The standard InChI is InChI=1S/C23H26N4O2/c28-15-20-19(21(13-22(20)29)26-14-18-8-4-5-10-24-18)12-17-9-11-25-23(27-17)16-6-2-1-3-7-16/h1-11,19-22,26,28-29H,12-15H2/t19-,20-,21-,22-/m1/s1. The van der Waals surface area contributed by atoms with Gasteiger partial charge in [-0.15, -0.1) is 0 Å². The summed E-state index contributed by atoms with van der Waals surface area (Å²) in [6.45, 7) is 0.593. The summed E-state index contributed by atoms with van der Waals surface area (Å²) in [5.41, 5.74) is 2.85. The number of benzene rings is 1. The van der Waals surface area contributed by atoms with Crippen LogP contribution >= 0.6 is 0 Å². The van der Waals surface area contributed by atoms with Crippen LogP contribution in [0.4, 0.5) is 0 Å². The van der Waals surface area contributed by atoms with Crippen molar-refractivity contribution in [2.75, 3.05) is 6.61 Å². The molecule has 0 spiro atoms. The van der Waals surface area contributed by atoms with Gasteiger partial charge in [-0.1, -0.05) is 36.4 Å². The maximum atomic E-state index is 10.5. The van der Waals surface area contributed by atoms with Crippen LogP contribution in [0.25, 0.3) is 11.4 Å². The van der Waals surface area contributed by atoms with Crippen LogP contribution in [0.5, 0.6) is 0 Å². The second-order valence-electron chi connectivity index (χ2n) is 7.56. The first kappa shape index (κ1) is 19.6. The lowest BCUT2D eigenvalue weighted by Crippen LogP contribution is -2.36. The third-order valence-electron chi connectivity index (χ3n) is 5.73. The fourth-order valence-electron chi connectivity index (χ4n) is 4.19. The molecule has 0 aliphatic heterocycles. The van der Waals surface area contributed by atoms with Crippen LogP contribution in [0.3, 0.4) is 0 Å². The minimum atomic E-state index is -0.526. The molecule has 3 N–H and O–H groups in total. The van der Waals surface area contributed by atoms with E-state index in [4.69, 9.17) is 4.98 Å². The summed E-state index contributed by atoms with van der Waals surface area (Å²) < 4.78 is 0. The molecule has 0 amide bonds. The van der Waals surface area contributed by atoms with Crippen molar-refractivity contribution < 1.29 is 10.2 Å². The van der Waals surface area contributed by atoms with Gasteiger partial charge in [-0.3, -0.25) is 4.98 Å². The second-order valence-corrected chi connectivity index (χ2v) is 7.56. The van der Waals surface area contributed by atoms with Gasteiger partial charge in [-0.2, -0.15) is 0 Å². The van der Waals surface area contributed by atoms with Crippen molar-refractivity contribution in [3.05, 3.63) is 78.4 Å². The molecule has 1 aliphatic rings. The highest BCUT2D eigenvalue weighted by Gasteiger charge is 2.42. The van der Waals surface area contributed by atoms with Crippen molar-refractivity contribution in [3.8, 4) is 11.4 Å². The minimum Gasteiger partial charge on any atom is -0.396 e. The summed E-state index contributed by atoms with van der Waals surface area (Å²) in [5, 5.41) is 23.9. The molecule has 0 bridgehead atoms. The van der Waals surface area contributed by atoms with Gasteiger partial charge in [0.05, 0.1) is 11.8 Å². The first-order chi connectivity index (χ1) is 14.2. The molecule has 29 heavy (non-hydrogen) atoms. The van der Waals surface area contributed by atoms with E-state index < -0.39 is 6.10 Å². The largest absolute Gasteiger partial charge is 0.396 e. The number of pyridine rings is 1. The topological polar surface area (TPSA) is 91.2 Å². The van der Waals surface area contributed by atoms with Crippen LogP contribution in [0, 0.1) is 11.8 Å². The van der Waals surface area contributed by atoms with Gasteiger partial charge in [0.15, 0.2) is 5.82 Å². The number of hydrogen-bond acceptors (Lipinski definition) is 6. The van der Waals surface area contributed by atoms with Crippen LogP contribution < -0.4 is 5.32 Å². The van der Waals surface area contributed by atoms with Crippen molar-refractivity contribution in [3.63, 3.8) is 0 Å². The summed E-state index contributed by atoms with van der Waals surface area (Å²) >= 11 is 0. The van der Waals surface area contributed by atoms with E-state index in [2.05, 4.69) is 15.3 Å². The molecule has 4 atom stereocenters. The number of rotatable bonds is 7. The summed E-state index contributed by atoms with van der Waals surface area (Å²) in [4.78, 5) is 13.5. The molecule has 3 aromatic rings. The number of nitrogens with one attached hydrogen (secondary N) is 1. The average molecular weight is 390 g/mol. The third kappa shape index (κ3) is 4.67. The Morgan fingerprint density at radius 2 is 1.72 bits per heavy atom. The second kappa shape index (κ2) is 9.22. The van der Waals surface area contributed by atoms with Crippen molar-refractivity contribution >= 4 is 0 Å². The quantitative estimate of drug-likeness (QED) is 0.573. The SMILES string of the molecule is OC[C@@H]1[C@@H](Cc2ccnc(-c3ccccc3)n2)[C@H](NCc2ccccn2)C[C@H]1O. The van der Waals surface area contributed by atoms with E-state index in [1.807, 2.05) is 54.6 Å². The Morgan fingerprint density at radius 1 is 0.897 bits per heavy atom. The molecule has 150 valence electrons. The van der Waals surface area contributed by atoms with E-state index in [1.165, 1.54) is 0 Å². The molecule has 1 aromatic carbocycles. The Morgan fingerprint density at radius 3 is 2.48 bits per heavy atom. The van der Waals surface area contributed by atoms with Gasteiger partial charge < -0.3 is 15.5 Å². The zero-order valence-electron chi connectivity index (χ0n) is 16.2. The number of hydrogen-bond donors (Lipinski definition) is 3. The predicted octanol–water partition coefficient (Wildman–Crippen LogP) is 2.23. The lowest BCUT2D eigenvalue weighted by Gasteiger charge is -2.25. The Hall–Kier alpha value is -2.67. The monoisotopic (exact) mass is 390 g/mol. The fraction of sp³-hybridized carbons (Fsp3) is 0.348. The molecule has 1 aliphatic carbocycles. The number of nitrogens with zero attached hydrogens (tertiary/aromatic N) is 3. The summed E-state index contributed by atoms with van der Waals surface area (Å²) in [5.74, 6) is 0.601. The Bertz CT molecular complexity index is 907. The van der Waals surface area contributed by atoms with Gasteiger partial charge in [-0.05, 0) is 37.0 Å². The first-order valence-corrected chi connectivity index (χ1v) is 10.0. The smallest absolute Gasteiger partial charge is 0.159 e. The zero-order chi connectivity index (χ0) is 20.1. The molecule has 1 fully saturated rings. The Balaban J connectivity index is 1.51. The highest BCUT2D eigenvalue weighted by atomic mass is 16.3. The van der Waals surface area contributed by atoms with E-state index >= 15 is 0 Å². The Labute approximate surface area is 170 Å². The average Bonchev–Trinajstić information content (AvgIpc) is 3.07. The Kier molecular flexibility index (Phi) is 6.24. The van der Waals surface area contributed by atoms with Crippen LogP contribution in [0.2, 0.25) is 0 Å². The third-order valence-corrected chi connectivity index (χ3v) is 5.73. The molecule has 0 radical (unpaired) electrons. The fourth-order valence-corrected chi connectivity index (χ4v) is 4.19. The van der Waals surface area contributed by atoms with Gasteiger partial charge in [0.2, 0.25) is 0 Å². The summed E-state index contributed by atoms with van der Waals surface area (Å²) in [7, 11) is 0. The molecule has 1 saturated carbocycles. The van der Waals surface area contributed by atoms with Crippen LogP contribution in [-0.2, 0) is 13.0 Å². The van der Waals surface area contributed by atoms with Crippen LogP contribution in [-0.4, -0.2) is 43.9 Å². The predicted molar refractivity (Wildman–Crippen MR) is 111 cm³/mol. The number of aliphatic hydroxyl groups is 2. The lowest BCUT2D eigenvalue weighted by molar-refractivity contribution is 0.0716. The highest BCUT2D eigenvalue weighted by molar-refractivity contribution is 5.54. The van der Waals surface area contributed by atoms with Gasteiger partial charge >= 0.3 is 0 Å². The maximum absolute atomic E-state index is 10.5. The van der Waals surface area contributed by atoms with Crippen molar-refractivity contribution in [2.24, 2.45) is 11.8 Å². The highest BCUT2D eigenvalue weighted by Crippen LogP contribution is 2.35. The van der Waals surface area contributed by atoms with Gasteiger partial charge in [0.1, 0.15) is 0 Å². The van der Waals surface area contributed by atoms with Crippen molar-refractivity contribution in [1.29, 1.82) is 0 Å². The minimum absolute atomic E-state index is 0.0375. The summed E-state index contributed by atoms with van der Waals surface area (Å²) in [6, 6.07) is 17.7. The number of aliphatic hydroxyl groups excluding tert-OH is 2. The summed E-state index contributed by atoms with van der Waals surface area (Å²) in [6.07, 6.45) is 4.31. The molecule has 0 saturated heterocycles. The van der Waals surface area contributed by atoms with E-state index in [1.54, 1.807) is 12.4 Å². The number of aromatic nitrogens is 3. The molecule has 0 unspecified atom stereocenters. The molecule has 4 rings (SSSR count). The maximum Gasteiger partial charge on any atom is 0.159 e. The van der Waals surface area contributed by atoms with Gasteiger partial charge in [0, 0.05) is 48.8 Å². The van der Waals surface area contributed by atoms with Crippen LogP contribution in [0.1, 0.15) is 17.8 Å². The van der Waals surface area contributed by atoms with Gasteiger partial charge in [-0.25, -0.2) is 9.97 Å². The van der Waals surface area contributed by atoms with E-state index in [0.29, 0.717) is 25.2 Å². The van der Waals surface area contributed by atoms with Crippen molar-refractivity contribution in [2.45, 2.75) is 31.5 Å². The molecule has 2 heterocycles. The van der Waals surface area contributed by atoms with Gasteiger partial charge in [0.25, 0.3) is 0 Å². The normalized spacial score (nSPS) is 23.9. The molecule has 6 heteroatoms. The molecule has 2 aromatic heterocycles. The van der Waals surface area contributed by atoms with E-state index in [0.717, 1.165) is 17.0 Å². The first-order valence-electron chi connectivity index (χ1n) is 10.0. The molecule has 6 nitrogen and oxygen atoms in total.